The Morgan fingerprint density at radius 2 is 1.96 bits per heavy atom. The first-order valence-electron chi connectivity index (χ1n) is 6.44. The molecule has 23 heavy (non-hydrogen) atoms. The summed E-state index contributed by atoms with van der Waals surface area (Å²) in [5.74, 6) is -1.29. The van der Waals surface area contributed by atoms with E-state index < -0.39 is 28.1 Å². The van der Waals surface area contributed by atoms with Gasteiger partial charge in [-0.05, 0) is 42.5 Å². The van der Waals surface area contributed by atoms with E-state index in [1.54, 1.807) is 0 Å². The maximum absolute atomic E-state index is 12.3. The SMILES string of the molecule is COC(=O)[C@@H](C)N1C(=O)S/C(=C/c2ccc([N+](=O)[O-])cc2)C1=O. The molecule has 120 valence electrons. The van der Waals surface area contributed by atoms with Crippen LogP contribution in [0, 0.1) is 10.1 Å². The number of esters is 1. The van der Waals surface area contributed by atoms with Crippen molar-refractivity contribution in [1.82, 2.24) is 4.90 Å². The highest BCUT2D eigenvalue weighted by molar-refractivity contribution is 8.18. The van der Waals surface area contributed by atoms with E-state index in [1.165, 1.54) is 44.4 Å². The van der Waals surface area contributed by atoms with Crippen LogP contribution in [0.15, 0.2) is 29.2 Å². The van der Waals surface area contributed by atoms with Crippen molar-refractivity contribution in [3.05, 3.63) is 44.8 Å². The lowest BCUT2D eigenvalue weighted by atomic mass is 10.2. The Kier molecular flexibility index (Phi) is 4.80. The van der Waals surface area contributed by atoms with Gasteiger partial charge in [0.2, 0.25) is 0 Å². The molecule has 1 heterocycles. The van der Waals surface area contributed by atoms with E-state index in [0.29, 0.717) is 17.3 Å². The molecule has 2 amide bonds. The zero-order valence-corrected chi connectivity index (χ0v) is 13.0. The van der Waals surface area contributed by atoms with Crippen molar-refractivity contribution in [2.45, 2.75) is 13.0 Å². The summed E-state index contributed by atoms with van der Waals surface area (Å²) in [5, 5.41) is 10.0. The van der Waals surface area contributed by atoms with Gasteiger partial charge < -0.3 is 4.74 Å². The maximum Gasteiger partial charge on any atom is 0.328 e. The molecule has 1 aliphatic rings. The number of imide groups is 1. The number of hydrogen-bond acceptors (Lipinski definition) is 7. The van der Waals surface area contributed by atoms with Crippen LogP contribution in [-0.2, 0) is 14.3 Å². The lowest BCUT2D eigenvalue weighted by Crippen LogP contribution is -2.42. The number of rotatable bonds is 4. The monoisotopic (exact) mass is 336 g/mol. The maximum atomic E-state index is 12.3. The van der Waals surface area contributed by atoms with Gasteiger partial charge in [-0.25, -0.2) is 4.79 Å². The molecule has 0 aromatic heterocycles. The van der Waals surface area contributed by atoms with E-state index >= 15 is 0 Å². The van der Waals surface area contributed by atoms with Crippen molar-refractivity contribution < 1.29 is 24.0 Å². The summed E-state index contributed by atoms with van der Waals surface area (Å²) in [6, 6.07) is 4.52. The van der Waals surface area contributed by atoms with E-state index in [0.717, 1.165) is 4.90 Å². The van der Waals surface area contributed by atoms with Crippen LogP contribution in [0.1, 0.15) is 12.5 Å². The molecule has 1 atom stereocenters. The molecule has 0 aliphatic carbocycles. The first-order valence-corrected chi connectivity index (χ1v) is 7.26. The molecule has 0 N–H and O–H groups in total. The number of nitro groups is 1. The fourth-order valence-corrected chi connectivity index (χ4v) is 2.84. The van der Waals surface area contributed by atoms with Crippen LogP contribution in [0.3, 0.4) is 0 Å². The Morgan fingerprint density at radius 3 is 2.48 bits per heavy atom. The largest absolute Gasteiger partial charge is 0.467 e. The molecule has 0 saturated carbocycles. The van der Waals surface area contributed by atoms with Crippen LogP contribution < -0.4 is 0 Å². The smallest absolute Gasteiger partial charge is 0.328 e. The number of nitrogens with zero attached hydrogens (tertiary/aromatic N) is 2. The number of methoxy groups -OCH3 is 1. The molecule has 1 aliphatic heterocycles. The van der Waals surface area contributed by atoms with Crippen molar-refractivity contribution >= 4 is 40.6 Å². The van der Waals surface area contributed by atoms with Gasteiger partial charge in [0.1, 0.15) is 6.04 Å². The molecule has 0 radical (unpaired) electrons. The number of carbonyl (C=O) groups is 3. The third kappa shape index (κ3) is 3.39. The number of hydrogen-bond donors (Lipinski definition) is 0. The number of ether oxygens (including phenoxy) is 1. The Morgan fingerprint density at radius 1 is 1.35 bits per heavy atom. The van der Waals surface area contributed by atoms with Crippen LogP contribution in [0.5, 0.6) is 0 Å². The van der Waals surface area contributed by atoms with Crippen LogP contribution >= 0.6 is 11.8 Å². The number of thioether (sulfide) groups is 1. The van der Waals surface area contributed by atoms with Crippen LogP contribution in [0.4, 0.5) is 10.5 Å². The summed E-state index contributed by atoms with van der Waals surface area (Å²) in [4.78, 5) is 46.7. The highest BCUT2D eigenvalue weighted by Crippen LogP contribution is 2.33. The normalized spacial score (nSPS) is 17.5. The predicted molar refractivity (Wildman–Crippen MR) is 82.4 cm³/mol. The van der Waals surface area contributed by atoms with Gasteiger partial charge in [0, 0.05) is 12.1 Å². The van der Waals surface area contributed by atoms with Crippen LogP contribution in [-0.4, -0.2) is 40.1 Å². The zero-order valence-electron chi connectivity index (χ0n) is 12.2. The molecule has 2 rings (SSSR count). The quantitative estimate of drug-likeness (QED) is 0.359. The van der Waals surface area contributed by atoms with Gasteiger partial charge in [-0.1, -0.05) is 0 Å². The number of carbonyl (C=O) groups excluding carboxylic acids is 3. The first kappa shape index (κ1) is 16.7. The molecule has 1 saturated heterocycles. The summed E-state index contributed by atoms with van der Waals surface area (Å²) >= 11 is 0.700. The fourth-order valence-electron chi connectivity index (χ4n) is 1.93. The van der Waals surface area contributed by atoms with Crippen LogP contribution in [0.25, 0.3) is 6.08 Å². The lowest BCUT2D eigenvalue weighted by Gasteiger charge is -2.18. The topological polar surface area (TPSA) is 107 Å². The molecule has 0 bridgehead atoms. The van der Waals surface area contributed by atoms with Crippen molar-refractivity contribution in [2.75, 3.05) is 7.11 Å². The van der Waals surface area contributed by atoms with Crippen molar-refractivity contribution in [1.29, 1.82) is 0 Å². The molecule has 8 nitrogen and oxygen atoms in total. The molecule has 0 spiro atoms. The molecular formula is C14H12N2O6S. The van der Waals surface area contributed by atoms with Gasteiger partial charge in [-0.15, -0.1) is 0 Å². The van der Waals surface area contributed by atoms with Crippen molar-refractivity contribution in [3.63, 3.8) is 0 Å². The molecule has 0 unspecified atom stereocenters. The summed E-state index contributed by atoms with van der Waals surface area (Å²) in [5.41, 5.74) is 0.460. The minimum absolute atomic E-state index is 0.0745. The highest BCUT2D eigenvalue weighted by Gasteiger charge is 2.41. The van der Waals surface area contributed by atoms with E-state index in [2.05, 4.69) is 4.74 Å². The third-order valence-electron chi connectivity index (χ3n) is 3.15. The average molecular weight is 336 g/mol. The summed E-state index contributed by atoms with van der Waals surface area (Å²) in [7, 11) is 1.17. The molecule has 1 aromatic carbocycles. The van der Waals surface area contributed by atoms with E-state index in [-0.39, 0.29) is 10.6 Å². The average Bonchev–Trinajstić information content (AvgIpc) is 2.80. The van der Waals surface area contributed by atoms with E-state index in [1.807, 2.05) is 0 Å². The van der Waals surface area contributed by atoms with Gasteiger partial charge >= 0.3 is 5.97 Å². The molecule has 9 heteroatoms. The summed E-state index contributed by atoms with van der Waals surface area (Å²) < 4.78 is 4.53. The molecule has 1 aromatic rings. The van der Waals surface area contributed by atoms with Crippen molar-refractivity contribution in [2.24, 2.45) is 0 Å². The van der Waals surface area contributed by atoms with Gasteiger partial charge in [-0.3, -0.25) is 24.6 Å². The summed E-state index contributed by atoms with van der Waals surface area (Å²) in [6.07, 6.45) is 1.44. The number of benzene rings is 1. The highest BCUT2D eigenvalue weighted by atomic mass is 32.2. The fraction of sp³-hybridized carbons (Fsp3) is 0.214. The summed E-state index contributed by atoms with van der Waals surface area (Å²) in [6.45, 7) is 1.40. The van der Waals surface area contributed by atoms with Gasteiger partial charge in [-0.2, -0.15) is 0 Å². The Balaban J connectivity index is 2.24. The van der Waals surface area contributed by atoms with E-state index in [9.17, 15) is 24.5 Å². The predicted octanol–water partition coefficient (Wildman–Crippen LogP) is 2.19. The minimum Gasteiger partial charge on any atom is -0.467 e. The van der Waals surface area contributed by atoms with Crippen LogP contribution in [0.2, 0.25) is 0 Å². The first-order chi connectivity index (χ1) is 10.8. The second-order valence-electron chi connectivity index (χ2n) is 4.60. The Bertz CT molecular complexity index is 712. The second kappa shape index (κ2) is 6.61. The Hall–Kier alpha value is -2.68. The second-order valence-corrected chi connectivity index (χ2v) is 5.59. The number of amides is 2. The van der Waals surface area contributed by atoms with Gasteiger partial charge in [0.05, 0.1) is 16.9 Å². The standard InChI is InChI=1S/C14H12N2O6S/c1-8(13(18)22-2)15-12(17)11(23-14(15)19)7-9-3-5-10(6-4-9)16(20)21/h3-8H,1-2H3/b11-7+/t8-/m1/s1. The zero-order chi connectivity index (χ0) is 17.1. The van der Waals surface area contributed by atoms with E-state index in [4.69, 9.17) is 0 Å². The number of nitro benzene ring substituents is 1. The minimum atomic E-state index is -1.02. The van der Waals surface area contributed by atoms with Gasteiger partial charge in [0.25, 0.3) is 16.8 Å². The van der Waals surface area contributed by atoms with Gasteiger partial charge in [0.15, 0.2) is 0 Å². The molecule has 1 fully saturated rings. The molecular weight excluding hydrogens is 324 g/mol. The Labute approximate surface area is 135 Å². The number of non-ortho nitro benzene ring substituents is 1. The lowest BCUT2D eigenvalue weighted by molar-refractivity contribution is -0.384. The van der Waals surface area contributed by atoms with Crippen molar-refractivity contribution in [3.8, 4) is 0 Å². The third-order valence-corrected chi connectivity index (χ3v) is 4.04.